The number of rotatable bonds is 3. The van der Waals surface area contributed by atoms with Crippen LogP contribution in [0.25, 0.3) is 21.3 Å². The Morgan fingerprint density at radius 2 is 2.00 bits per heavy atom. The molecule has 0 saturated carbocycles. The number of aryl methyl sites for hydroxylation is 2. The van der Waals surface area contributed by atoms with Crippen LogP contribution < -0.4 is 0 Å². The van der Waals surface area contributed by atoms with Gasteiger partial charge in [0.1, 0.15) is 5.01 Å². The lowest BCUT2D eigenvalue weighted by Crippen LogP contribution is -2.30. The summed E-state index contributed by atoms with van der Waals surface area (Å²) in [4.78, 5) is 23.9. The van der Waals surface area contributed by atoms with Gasteiger partial charge >= 0.3 is 0 Å². The van der Waals surface area contributed by atoms with Crippen molar-refractivity contribution in [3.05, 3.63) is 52.3 Å². The number of benzene rings is 1. The molecule has 4 aromatic rings. The maximum atomic E-state index is 13.2. The second kappa shape index (κ2) is 6.17. The predicted octanol–water partition coefficient (Wildman–Crippen LogP) is 4.28. The lowest BCUT2D eigenvalue weighted by atomic mass is 10.1. The number of carbonyl (C=O) groups is 1. The minimum absolute atomic E-state index is 0.0986. The number of nitrogens with zero attached hydrogens (tertiary/aromatic N) is 4. The molecule has 4 rings (SSSR count). The number of aromatic nitrogens is 3. The highest BCUT2D eigenvalue weighted by molar-refractivity contribution is 7.18. The quantitative estimate of drug-likeness (QED) is 0.541. The van der Waals surface area contributed by atoms with Crippen LogP contribution in [0.3, 0.4) is 0 Å². The molecule has 3 aromatic heterocycles. The second-order valence-corrected chi connectivity index (χ2v) is 7.43. The van der Waals surface area contributed by atoms with E-state index < -0.39 is 0 Å². The van der Waals surface area contributed by atoms with Crippen LogP contribution in [0.5, 0.6) is 0 Å². The highest BCUT2D eigenvalue weighted by Gasteiger charge is 2.25. The first-order valence-electron chi connectivity index (χ1n) is 8.32. The Balaban J connectivity index is 1.72. The fourth-order valence-electron chi connectivity index (χ4n) is 2.99. The molecule has 0 bridgehead atoms. The van der Waals surface area contributed by atoms with Gasteiger partial charge < -0.3 is 9.42 Å². The van der Waals surface area contributed by atoms with Crippen molar-refractivity contribution >= 4 is 38.6 Å². The van der Waals surface area contributed by atoms with Crippen molar-refractivity contribution < 1.29 is 9.32 Å². The molecule has 1 atom stereocenters. The number of hydrogen-bond donors (Lipinski definition) is 0. The van der Waals surface area contributed by atoms with E-state index in [0.717, 1.165) is 20.9 Å². The molecule has 26 heavy (non-hydrogen) atoms. The van der Waals surface area contributed by atoms with E-state index in [1.165, 1.54) is 0 Å². The largest absolute Gasteiger partial charge is 0.336 e. The predicted molar refractivity (Wildman–Crippen MR) is 101 cm³/mol. The van der Waals surface area contributed by atoms with Crippen molar-refractivity contribution in [3.63, 3.8) is 0 Å². The Labute approximate surface area is 154 Å². The number of para-hydroxylation sites is 1. The third-order valence-electron chi connectivity index (χ3n) is 4.54. The summed E-state index contributed by atoms with van der Waals surface area (Å²) in [5.74, 6) is -0.0986. The van der Waals surface area contributed by atoms with Crippen LogP contribution in [0, 0.1) is 13.8 Å². The molecular formula is C19H18N4O2S. The molecule has 0 spiro atoms. The van der Waals surface area contributed by atoms with E-state index in [1.54, 1.807) is 29.4 Å². The van der Waals surface area contributed by atoms with E-state index >= 15 is 0 Å². The fraction of sp³-hybridized carbons (Fsp3) is 0.263. The second-order valence-electron chi connectivity index (χ2n) is 6.37. The van der Waals surface area contributed by atoms with Gasteiger partial charge in [0, 0.05) is 12.7 Å². The fourth-order valence-corrected chi connectivity index (χ4v) is 4.05. The average Bonchev–Trinajstić information content (AvgIpc) is 3.23. The van der Waals surface area contributed by atoms with Crippen LogP contribution in [0.1, 0.15) is 39.7 Å². The molecule has 0 unspecified atom stereocenters. The summed E-state index contributed by atoms with van der Waals surface area (Å²) in [6.45, 7) is 5.64. The summed E-state index contributed by atoms with van der Waals surface area (Å²) in [7, 11) is 1.80. The first-order valence-corrected chi connectivity index (χ1v) is 9.13. The Bertz CT molecular complexity index is 1100. The molecule has 0 radical (unpaired) electrons. The van der Waals surface area contributed by atoms with Gasteiger partial charge in [0.25, 0.3) is 11.6 Å². The van der Waals surface area contributed by atoms with Crippen LogP contribution in [-0.2, 0) is 0 Å². The lowest BCUT2D eigenvalue weighted by Gasteiger charge is -2.23. The average molecular weight is 366 g/mol. The van der Waals surface area contributed by atoms with E-state index in [4.69, 9.17) is 4.52 Å². The summed E-state index contributed by atoms with van der Waals surface area (Å²) in [6, 6.07) is 9.63. The van der Waals surface area contributed by atoms with Gasteiger partial charge in [-0.3, -0.25) is 4.79 Å². The number of carbonyl (C=O) groups excluding carboxylic acids is 1. The van der Waals surface area contributed by atoms with Crippen LogP contribution >= 0.6 is 11.3 Å². The van der Waals surface area contributed by atoms with E-state index in [1.807, 2.05) is 45.0 Å². The number of fused-ring (bicyclic) bond motifs is 2. The molecule has 1 aromatic carbocycles. The van der Waals surface area contributed by atoms with Crippen molar-refractivity contribution in [1.29, 1.82) is 0 Å². The van der Waals surface area contributed by atoms with Crippen molar-refractivity contribution in [2.75, 3.05) is 7.05 Å². The summed E-state index contributed by atoms with van der Waals surface area (Å²) >= 11 is 1.61. The summed E-state index contributed by atoms with van der Waals surface area (Å²) in [6.07, 6.45) is 0. The van der Waals surface area contributed by atoms with Gasteiger partial charge in [0.2, 0.25) is 0 Å². The maximum absolute atomic E-state index is 13.2. The third-order valence-corrected chi connectivity index (χ3v) is 5.75. The minimum atomic E-state index is -0.149. The SMILES string of the molecule is Cc1cc(C(=O)N(C)[C@@H](C)c2nc3ccccc3s2)c2c(C)noc2n1. The monoisotopic (exact) mass is 366 g/mol. The highest BCUT2D eigenvalue weighted by atomic mass is 32.1. The van der Waals surface area contributed by atoms with E-state index in [-0.39, 0.29) is 11.9 Å². The summed E-state index contributed by atoms with van der Waals surface area (Å²) < 4.78 is 6.36. The summed E-state index contributed by atoms with van der Waals surface area (Å²) in [5, 5.41) is 5.53. The van der Waals surface area contributed by atoms with Gasteiger partial charge in [0.05, 0.1) is 32.9 Å². The molecule has 0 N–H and O–H groups in total. The standard InChI is InChI=1S/C19H18N4O2S/c1-10-9-13(16-11(2)22-25-17(16)20-10)19(24)23(4)12(3)18-21-14-7-5-6-8-15(14)26-18/h5-9,12H,1-4H3/t12-/m0/s1. The number of hydrogen-bond acceptors (Lipinski definition) is 6. The normalized spacial score (nSPS) is 12.6. The van der Waals surface area contributed by atoms with Crippen LogP contribution in [0.4, 0.5) is 0 Å². The minimum Gasteiger partial charge on any atom is -0.336 e. The van der Waals surface area contributed by atoms with Gasteiger partial charge in [-0.1, -0.05) is 17.3 Å². The zero-order valence-electron chi connectivity index (χ0n) is 15.0. The molecular weight excluding hydrogens is 348 g/mol. The van der Waals surface area contributed by atoms with Crippen LogP contribution in [-0.4, -0.2) is 33.0 Å². The number of pyridine rings is 1. The Morgan fingerprint density at radius 1 is 1.23 bits per heavy atom. The smallest absolute Gasteiger partial charge is 0.258 e. The van der Waals surface area contributed by atoms with E-state index in [2.05, 4.69) is 15.1 Å². The van der Waals surface area contributed by atoms with Gasteiger partial charge in [0.15, 0.2) is 0 Å². The topological polar surface area (TPSA) is 72.1 Å². The zero-order chi connectivity index (χ0) is 18.4. The zero-order valence-corrected chi connectivity index (χ0v) is 15.8. The Hall–Kier alpha value is -2.80. The van der Waals surface area contributed by atoms with E-state index in [0.29, 0.717) is 22.4 Å². The van der Waals surface area contributed by atoms with Crippen molar-refractivity contribution in [3.8, 4) is 0 Å². The molecule has 0 aliphatic rings. The molecule has 0 fully saturated rings. The molecule has 6 nitrogen and oxygen atoms in total. The van der Waals surface area contributed by atoms with Gasteiger partial charge in [-0.05, 0) is 39.0 Å². The number of amides is 1. The third kappa shape index (κ3) is 2.64. The number of thiazole rings is 1. The maximum Gasteiger partial charge on any atom is 0.258 e. The van der Waals surface area contributed by atoms with Crippen molar-refractivity contribution in [1.82, 2.24) is 20.0 Å². The van der Waals surface area contributed by atoms with Crippen LogP contribution in [0.2, 0.25) is 0 Å². The van der Waals surface area contributed by atoms with Gasteiger partial charge in [-0.2, -0.15) is 0 Å². The Morgan fingerprint density at radius 3 is 2.77 bits per heavy atom. The molecule has 1 amide bonds. The molecule has 0 aliphatic heterocycles. The lowest BCUT2D eigenvalue weighted by molar-refractivity contribution is 0.0744. The van der Waals surface area contributed by atoms with Gasteiger partial charge in [-0.25, -0.2) is 9.97 Å². The first-order chi connectivity index (χ1) is 12.5. The van der Waals surface area contributed by atoms with Crippen molar-refractivity contribution in [2.45, 2.75) is 26.8 Å². The first kappa shape index (κ1) is 16.7. The van der Waals surface area contributed by atoms with Crippen LogP contribution in [0.15, 0.2) is 34.9 Å². The molecule has 0 saturated heterocycles. The molecule has 0 aliphatic carbocycles. The summed E-state index contributed by atoms with van der Waals surface area (Å²) in [5.41, 5.74) is 3.29. The molecule has 3 heterocycles. The highest BCUT2D eigenvalue weighted by Crippen LogP contribution is 2.31. The van der Waals surface area contributed by atoms with Gasteiger partial charge in [-0.15, -0.1) is 11.3 Å². The molecule has 7 heteroatoms. The molecule has 132 valence electrons. The van der Waals surface area contributed by atoms with E-state index in [9.17, 15) is 4.79 Å². The van der Waals surface area contributed by atoms with Crippen molar-refractivity contribution in [2.24, 2.45) is 0 Å². The Kier molecular flexibility index (Phi) is 3.96.